The molecule has 0 aliphatic rings. The van der Waals surface area contributed by atoms with E-state index in [1.165, 1.54) is 29.5 Å². The maximum Gasteiger partial charge on any atom is 0.286 e. The molecule has 0 spiro atoms. The van der Waals surface area contributed by atoms with Gasteiger partial charge in [0, 0.05) is 12.6 Å². The molecule has 27 heavy (non-hydrogen) atoms. The number of amides is 1. The molecule has 7 nitrogen and oxygen atoms in total. The van der Waals surface area contributed by atoms with Gasteiger partial charge in [-0.1, -0.05) is 29.5 Å². The number of rotatable bonds is 6. The standard InChI is InChI=1S/C19H17N3O4S/c1-3-11-21-16-10-9-13(26-4-2)12-17(16)27-19(21)20-18(23)14-7-5-6-8-15(14)22(24)25/h3,5-10,12H,1,4,11H2,2H3. The minimum Gasteiger partial charge on any atom is -0.494 e. The minimum atomic E-state index is -0.656. The Morgan fingerprint density at radius 1 is 1.37 bits per heavy atom. The van der Waals surface area contributed by atoms with E-state index in [9.17, 15) is 14.9 Å². The molecule has 0 fully saturated rings. The number of fused-ring (bicyclic) bond motifs is 1. The number of carbonyl (C=O) groups is 1. The molecule has 0 atom stereocenters. The molecule has 0 saturated carbocycles. The van der Waals surface area contributed by atoms with Gasteiger partial charge >= 0.3 is 0 Å². The number of nitro groups is 1. The molecule has 0 unspecified atom stereocenters. The highest BCUT2D eigenvalue weighted by Crippen LogP contribution is 2.24. The topological polar surface area (TPSA) is 86.7 Å². The second-order valence-electron chi connectivity index (χ2n) is 5.54. The molecule has 1 heterocycles. The summed E-state index contributed by atoms with van der Waals surface area (Å²) in [5.74, 6) is 0.0743. The van der Waals surface area contributed by atoms with E-state index in [2.05, 4.69) is 11.6 Å². The Morgan fingerprint density at radius 3 is 2.85 bits per heavy atom. The first-order valence-corrected chi connectivity index (χ1v) is 9.06. The van der Waals surface area contributed by atoms with E-state index in [-0.39, 0.29) is 11.3 Å². The summed E-state index contributed by atoms with van der Waals surface area (Å²) in [5, 5.41) is 11.2. The third-order valence-electron chi connectivity index (χ3n) is 3.81. The van der Waals surface area contributed by atoms with E-state index >= 15 is 0 Å². The van der Waals surface area contributed by atoms with Crippen molar-refractivity contribution in [1.29, 1.82) is 0 Å². The summed E-state index contributed by atoms with van der Waals surface area (Å²) in [6.45, 7) is 6.66. The van der Waals surface area contributed by atoms with Gasteiger partial charge in [-0.3, -0.25) is 14.9 Å². The molecule has 1 amide bonds. The quantitative estimate of drug-likeness (QED) is 0.366. The first kappa shape index (κ1) is 18.5. The van der Waals surface area contributed by atoms with Crippen molar-refractivity contribution < 1.29 is 14.5 Å². The zero-order valence-corrected chi connectivity index (χ0v) is 15.4. The van der Waals surface area contributed by atoms with Gasteiger partial charge in [0.25, 0.3) is 11.6 Å². The predicted octanol–water partition coefficient (Wildman–Crippen LogP) is 3.94. The second-order valence-corrected chi connectivity index (χ2v) is 6.55. The van der Waals surface area contributed by atoms with Crippen LogP contribution in [0.15, 0.2) is 60.1 Å². The summed E-state index contributed by atoms with van der Waals surface area (Å²) < 4.78 is 8.26. The SMILES string of the molecule is C=CCn1c(=NC(=O)c2ccccc2[N+](=O)[O-])sc2cc(OCC)ccc21. The fraction of sp³-hybridized carbons (Fsp3) is 0.158. The molecule has 138 valence electrons. The number of hydrogen-bond acceptors (Lipinski definition) is 5. The Bertz CT molecular complexity index is 1100. The van der Waals surface area contributed by atoms with Crippen LogP contribution in [0.1, 0.15) is 17.3 Å². The molecular weight excluding hydrogens is 366 g/mol. The summed E-state index contributed by atoms with van der Waals surface area (Å²) in [6, 6.07) is 11.4. The highest BCUT2D eigenvalue weighted by Gasteiger charge is 2.19. The van der Waals surface area contributed by atoms with Crippen molar-refractivity contribution in [1.82, 2.24) is 4.57 Å². The Morgan fingerprint density at radius 2 is 2.15 bits per heavy atom. The molecule has 1 aromatic heterocycles. The highest BCUT2D eigenvalue weighted by atomic mass is 32.1. The van der Waals surface area contributed by atoms with E-state index in [0.29, 0.717) is 18.0 Å². The normalized spacial score (nSPS) is 11.5. The van der Waals surface area contributed by atoms with Gasteiger partial charge in [-0.25, -0.2) is 0 Å². The molecule has 0 N–H and O–H groups in total. The third kappa shape index (κ3) is 3.80. The second kappa shape index (κ2) is 7.96. The van der Waals surface area contributed by atoms with Crippen LogP contribution < -0.4 is 9.54 Å². The maximum atomic E-state index is 12.6. The van der Waals surface area contributed by atoms with Crippen molar-refractivity contribution in [3.05, 3.63) is 75.6 Å². The number of nitrogens with zero attached hydrogens (tertiary/aromatic N) is 3. The van der Waals surface area contributed by atoms with Gasteiger partial charge in [-0.05, 0) is 31.2 Å². The summed E-state index contributed by atoms with van der Waals surface area (Å²) in [6.07, 6.45) is 1.71. The van der Waals surface area contributed by atoms with Crippen LogP contribution in [-0.2, 0) is 6.54 Å². The van der Waals surface area contributed by atoms with E-state index < -0.39 is 10.8 Å². The lowest BCUT2D eigenvalue weighted by Crippen LogP contribution is -2.16. The molecule has 0 radical (unpaired) electrons. The van der Waals surface area contributed by atoms with Crippen LogP contribution in [0, 0.1) is 10.1 Å². The first-order chi connectivity index (χ1) is 13.0. The Labute approximate surface area is 159 Å². The fourth-order valence-corrected chi connectivity index (χ4v) is 3.73. The fourth-order valence-electron chi connectivity index (χ4n) is 2.66. The van der Waals surface area contributed by atoms with Crippen LogP contribution in [0.2, 0.25) is 0 Å². The third-order valence-corrected chi connectivity index (χ3v) is 4.85. The predicted molar refractivity (Wildman–Crippen MR) is 104 cm³/mol. The zero-order valence-electron chi connectivity index (χ0n) is 14.6. The van der Waals surface area contributed by atoms with Crippen LogP contribution in [-0.4, -0.2) is 22.0 Å². The van der Waals surface area contributed by atoms with Gasteiger partial charge in [-0.15, -0.1) is 6.58 Å². The van der Waals surface area contributed by atoms with E-state index in [1.807, 2.05) is 29.7 Å². The average Bonchev–Trinajstić information content (AvgIpc) is 2.99. The lowest BCUT2D eigenvalue weighted by Gasteiger charge is -2.04. The summed E-state index contributed by atoms with van der Waals surface area (Å²) in [7, 11) is 0. The Kier molecular flexibility index (Phi) is 5.46. The number of allylic oxidation sites excluding steroid dienone is 1. The minimum absolute atomic E-state index is 0.0416. The number of nitro benzene ring substituents is 1. The van der Waals surface area contributed by atoms with Crippen molar-refractivity contribution >= 4 is 33.1 Å². The van der Waals surface area contributed by atoms with Crippen molar-refractivity contribution in [2.24, 2.45) is 4.99 Å². The van der Waals surface area contributed by atoms with Crippen LogP contribution in [0.4, 0.5) is 5.69 Å². The molecule has 0 aliphatic carbocycles. The van der Waals surface area contributed by atoms with Crippen LogP contribution >= 0.6 is 11.3 Å². The molecular formula is C19H17N3O4S. The van der Waals surface area contributed by atoms with Gasteiger partial charge in [-0.2, -0.15) is 4.99 Å². The van der Waals surface area contributed by atoms with Crippen LogP contribution in [0.25, 0.3) is 10.2 Å². The van der Waals surface area contributed by atoms with Gasteiger partial charge in [0.2, 0.25) is 0 Å². The largest absolute Gasteiger partial charge is 0.494 e. The molecule has 0 bridgehead atoms. The monoisotopic (exact) mass is 383 g/mol. The molecule has 2 aromatic carbocycles. The van der Waals surface area contributed by atoms with Crippen LogP contribution in [0.3, 0.4) is 0 Å². The number of ether oxygens (including phenoxy) is 1. The lowest BCUT2D eigenvalue weighted by atomic mass is 10.2. The maximum absolute atomic E-state index is 12.6. The van der Waals surface area contributed by atoms with E-state index in [4.69, 9.17) is 4.74 Å². The Hall–Kier alpha value is -3.26. The van der Waals surface area contributed by atoms with E-state index in [1.54, 1.807) is 12.1 Å². The number of thiazole rings is 1. The van der Waals surface area contributed by atoms with Gasteiger partial charge in [0.1, 0.15) is 11.3 Å². The van der Waals surface area contributed by atoms with Gasteiger partial charge < -0.3 is 9.30 Å². The van der Waals surface area contributed by atoms with Crippen molar-refractivity contribution in [2.75, 3.05) is 6.61 Å². The molecule has 0 saturated heterocycles. The smallest absolute Gasteiger partial charge is 0.286 e. The molecule has 8 heteroatoms. The van der Waals surface area contributed by atoms with Gasteiger partial charge in [0.15, 0.2) is 4.80 Å². The number of para-hydroxylation sites is 1. The molecule has 0 aliphatic heterocycles. The number of benzene rings is 2. The van der Waals surface area contributed by atoms with Crippen molar-refractivity contribution in [3.63, 3.8) is 0 Å². The van der Waals surface area contributed by atoms with Crippen molar-refractivity contribution in [3.8, 4) is 5.75 Å². The summed E-state index contributed by atoms with van der Waals surface area (Å²) in [4.78, 5) is 27.8. The average molecular weight is 383 g/mol. The summed E-state index contributed by atoms with van der Waals surface area (Å²) in [5.41, 5.74) is 0.582. The molecule has 3 rings (SSSR count). The number of aromatic nitrogens is 1. The van der Waals surface area contributed by atoms with Gasteiger partial charge in [0.05, 0.1) is 21.7 Å². The highest BCUT2D eigenvalue weighted by molar-refractivity contribution is 7.16. The number of carbonyl (C=O) groups excluding carboxylic acids is 1. The Balaban J connectivity index is 2.14. The lowest BCUT2D eigenvalue weighted by molar-refractivity contribution is -0.385. The zero-order chi connectivity index (χ0) is 19.4. The van der Waals surface area contributed by atoms with Crippen molar-refractivity contribution in [2.45, 2.75) is 13.5 Å². The summed E-state index contributed by atoms with van der Waals surface area (Å²) >= 11 is 1.32. The molecule has 3 aromatic rings. The van der Waals surface area contributed by atoms with E-state index in [0.717, 1.165) is 16.0 Å². The number of hydrogen-bond donors (Lipinski definition) is 0. The van der Waals surface area contributed by atoms with Crippen LogP contribution in [0.5, 0.6) is 5.75 Å². The first-order valence-electron chi connectivity index (χ1n) is 8.24.